The number of rotatable bonds is 7. The summed E-state index contributed by atoms with van der Waals surface area (Å²) in [5.74, 6) is -0.730. The molecule has 0 bridgehead atoms. The zero-order valence-corrected chi connectivity index (χ0v) is 12.6. The number of amides is 1. The van der Waals surface area contributed by atoms with Crippen molar-refractivity contribution in [2.45, 2.75) is 25.8 Å². The van der Waals surface area contributed by atoms with Gasteiger partial charge in [0.05, 0.1) is 18.7 Å². The Hall–Kier alpha value is -1.92. The van der Waals surface area contributed by atoms with Crippen molar-refractivity contribution in [2.75, 3.05) is 26.1 Å². The standard InChI is InChI=1S/C15H22N2O4/c1-10-6-7-11(15(19)21-3)9-13(10)17-14(18)12(16)5-4-8-20-2/h6-7,9,12H,4-5,8,16H2,1-3H3,(H,17,18). The van der Waals surface area contributed by atoms with Crippen molar-refractivity contribution in [2.24, 2.45) is 5.73 Å². The molecular weight excluding hydrogens is 272 g/mol. The van der Waals surface area contributed by atoms with Gasteiger partial charge in [-0.15, -0.1) is 0 Å². The molecule has 0 aliphatic heterocycles. The van der Waals surface area contributed by atoms with Crippen LogP contribution in [0.3, 0.4) is 0 Å². The van der Waals surface area contributed by atoms with Gasteiger partial charge in [-0.05, 0) is 37.5 Å². The van der Waals surface area contributed by atoms with E-state index in [4.69, 9.17) is 10.5 Å². The Morgan fingerprint density at radius 3 is 2.67 bits per heavy atom. The molecule has 1 unspecified atom stereocenters. The van der Waals surface area contributed by atoms with E-state index in [9.17, 15) is 9.59 Å². The summed E-state index contributed by atoms with van der Waals surface area (Å²) in [4.78, 5) is 23.5. The molecule has 1 aromatic rings. The fourth-order valence-electron chi connectivity index (χ4n) is 1.81. The lowest BCUT2D eigenvalue weighted by molar-refractivity contribution is -0.117. The molecule has 0 heterocycles. The van der Waals surface area contributed by atoms with Crippen molar-refractivity contribution in [3.63, 3.8) is 0 Å². The van der Waals surface area contributed by atoms with Crippen LogP contribution < -0.4 is 11.1 Å². The highest BCUT2D eigenvalue weighted by molar-refractivity contribution is 5.97. The van der Waals surface area contributed by atoms with E-state index >= 15 is 0 Å². The molecule has 1 aromatic carbocycles. The quantitative estimate of drug-likeness (QED) is 0.587. The normalized spacial score (nSPS) is 11.8. The highest BCUT2D eigenvalue weighted by Crippen LogP contribution is 2.18. The van der Waals surface area contributed by atoms with E-state index in [2.05, 4.69) is 10.1 Å². The fourth-order valence-corrected chi connectivity index (χ4v) is 1.81. The van der Waals surface area contributed by atoms with Crippen LogP contribution in [0.5, 0.6) is 0 Å². The third kappa shape index (κ3) is 5.17. The molecular formula is C15H22N2O4. The number of nitrogens with two attached hydrogens (primary N) is 1. The van der Waals surface area contributed by atoms with Gasteiger partial charge in [-0.2, -0.15) is 0 Å². The van der Waals surface area contributed by atoms with Gasteiger partial charge in [0.15, 0.2) is 0 Å². The van der Waals surface area contributed by atoms with Crippen LogP contribution in [0.4, 0.5) is 5.69 Å². The summed E-state index contributed by atoms with van der Waals surface area (Å²) in [6.45, 7) is 2.41. The first-order valence-electron chi connectivity index (χ1n) is 6.74. The van der Waals surface area contributed by atoms with Gasteiger partial charge in [0.1, 0.15) is 0 Å². The van der Waals surface area contributed by atoms with Crippen LogP contribution in [-0.2, 0) is 14.3 Å². The van der Waals surface area contributed by atoms with E-state index in [1.165, 1.54) is 7.11 Å². The molecule has 1 atom stereocenters. The van der Waals surface area contributed by atoms with E-state index < -0.39 is 12.0 Å². The van der Waals surface area contributed by atoms with E-state index in [0.29, 0.717) is 30.7 Å². The van der Waals surface area contributed by atoms with Gasteiger partial charge in [0.2, 0.25) is 5.91 Å². The van der Waals surface area contributed by atoms with Crippen LogP contribution in [0.25, 0.3) is 0 Å². The van der Waals surface area contributed by atoms with Crippen LogP contribution in [0, 0.1) is 6.92 Å². The molecule has 6 heteroatoms. The first-order chi connectivity index (χ1) is 9.99. The Balaban J connectivity index is 2.72. The van der Waals surface area contributed by atoms with Crippen molar-refractivity contribution in [1.82, 2.24) is 0 Å². The topological polar surface area (TPSA) is 90.6 Å². The number of nitrogens with one attached hydrogen (secondary N) is 1. The number of carbonyl (C=O) groups excluding carboxylic acids is 2. The zero-order chi connectivity index (χ0) is 15.8. The second kappa shape index (κ2) is 8.39. The maximum Gasteiger partial charge on any atom is 0.337 e. The SMILES string of the molecule is COCCCC(N)C(=O)Nc1cc(C(=O)OC)ccc1C. The maximum atomic E-state index is 12.0. The molecule has 0 radical (unpaired) electrons. The third-order valence-corrected chi connectivity index (χ3v) is 3.12. The Bertz CT molecular complexity index is 502. The summed E-state index contributed by atoms with van der Waals surface area (Å²) in [6, 6.07) is 4.37. The number of anilines is 1. The Labute approximate surface area is 124 Å². The van der Waals surface area contributed by atoms with Gasteiger partial charge in [-0.3, -0.25) is 4.79 Å². The first kappa shape index (κ1) is 17.1. The predicted molar refractivity (Wildman–Crippen MR) is 80.2 cm³/mol. The maximum absolute atomic E-state index is 12.0. The smallest absolute Gasteiger partial charge is 0.337 e. The van der Waals surface area contributed by atoms with Crippen molar-refractivity contribution in [3.05, 3.63) is 29.3 Å². The van der Waals surface area contributed by atoms with E-state index in [-0.39, 0.29) is 5.91 Å². The van der Waals surface area contributed by atoms with Crippen LogP contribution in [-0.4, -0.2) is 38.7 Å². The van der Waals surface area contributed by atoms with Crippen LogP contribution in [0.15, 0.2) is 18.2 Å². The van der Waals surface area contributed by atoms with Gasteiger partial charge >= 0.3 is 5.97 Å². The molecule has 0 aliphatic rings. The molecule has 0 saturated carbocycles. The fraction of sp³-hybridized carbons (Fsp3) is 0.467. The predicted octanol–water partition coefficient (Wildman–Crippen LogP) is 1.47. The van der Waals surface area contributed by atoms with Gasteiger partial charge in [0.25, 0.3) is 0 Å². The lowest BCUT2D eigenvalue weighted by Gasteiger charge is -2.14. The molecule has 1 rings (SSSR count). The molecule has 0 fully saturated rings. The van der Waals surface area contributed by atoms with Crippen LogP contribution >= 0.6 is 0 Å². The van der Waals surface area contributed by atoms with Crippen molar-refractivity contribution in [1.29, 1.82) is 0 Å². The molecule has 0 aromatic heterocycles. The van der Waals surface area contributed by atoms with E-state index in [1.807, 2.05) is 6.92 Å². The minimum atomic E-state index is -0.610. The lowest BCUT2D eigenvalue weighted by atomic mass is 10.1. The summed E-state index contributed by atoms with van der Waals surface area (Å²) in [5.41, 5.74) is 7.61. The first-order valence-corrected chi connectivity index (χ1v) is 6.74. The van der Waals surface area contributed by atoms with Gasteiger partial charge in [-0.1, -0.05) is 6.07 Å². The second-order valence-corrected chi connectivity index (χ2v) is 4.75. The van der Waals surface area contributed by atoms with Crippen molar-refractivity contribution < 1.29 is 19.1 Å². The molecule has 0 saturated heterocycles. The zero-order valence-electron chi connectivity index (χ0n) is 12.6. The van der Waals surface area contributed by atoms with Crippen LogP contribution in [0.1, 0.15) is 28.8 Å². The highest BCUT2D eigenvalue weighted by atomic mass is 16.5. The molecule has 6 nitrogen and oxygen atoms in total. The Kier molecular flexibility index (Phi) is 6.84. The Morgan fingerprint density at radius 2 is 2.05 bits per heavy atom. The van der Waals surface area contributed by atoms with Gasteiger partial charge in [0, 0.05) is 19.4 Å². The summed E-state index contributed by atoms with van der Waals surface area (Å²) in [6.07, 6.45) is 1.25. The van der Waals surface area contributed by atoms with Crippen molar-refractivity contribution >= 4 is 17.6 Å². The monoisotopic (exact) mass is 294 g/mol. The Morgan fingerprint density at radius 1 is 1.33 bits per heavy atom. The van der Waals surface area contributed by atoms with Gasteiger partial charge < -0.3 is 20.5 Å². The van der Waals surface area contributed by atoms with Gasteiger partial charge in [-0.25, -0.2) is 4.79 Å². The number of esters is 1. The number of carbonyl (C=O) groups is 2. The number of hydrogen-bond donors (Lipinski definition) is 2. The lowest BCUT2D eigenvalue weighted by Crippen LogP contribution is -2.36. The minimum Gasteiger partial charge on any atom is -0.465 e. The largest absolute Gasteiger partial charge is 0.465 e. The van der Waals surface area contributed by atoms with E-state index in [1.54, 1.807) is 25.3 Å². The minimum absolute atomic E-state index is 0.281. The number of aryl methyl sites for hydroxylation is 1. The molecule has 0 spiro atoms. The molecule has 116 valence electrons. The second-order valence-electron chi connectivity index (χ2n) is 4.75. The number of hydrogen-bond acceptors (Lipinski definition) is 5. The molecule has 3 N–H and O–H groups in total. The van der Waals surface area contributed by atoms with Crippen molar-refractivity contribution in [3.8, 4) is 0 Å². The third-order valence-electron chi connectivity index (χ3n) is 3.12. The van der Waals surface area contributed by atoms with Crippen LogP contribution in [0.2, 0.25) is 0 Å². The summed E-state index contributed by atoms with van der Waals surface area (Å²) >= 11 is 0. The average molecular weight is 294 g/mol. The highest BCUT2D eigenvalue weighted by Gasteiger charge is 2.15. The number of ether oxygens (including phenoxy) is 2. The molecule has 0 aliphatic carbocycles. The molecule has 21 heavy (non-hydrogen) atoms. The molecule has 1 amide bonds. The number of methoxy groups -OCH3 is 2. The summed E-state index contributed by atoms with van der Waals surface area (Å²) in [5, 5.41) is 2.74. The van der Waals surface area contributed by atoms with E-state index in [0.717, 1.165) is 5.56 Å². The average Bonchev–Trinajstić information content (AvgIpc) is 2.48. The summed E-state index contributed by atoms with van der Waals surface area (Å²) in [7, 11) is 2.92. The number of benzene rings is 1. The summed E-state index contributed by atoms with van der Waals surface area (Å²) < 4.78 is 9.58.